The number of benzene rings is 3. The second-order valence-corrected chi connectivity index (χ2v) is 21.6. The summed E-state index contributed by atoms with van der Waals surface area (Å²) in [5, 5.41) is 3.11. The highest BCUT2D eigenvalue weighted by Gasteiger charge is 2.34. The first-order chi connectivity index (χ1) is 31.7. The molecule has 68 heavy (non-hydrogen) atoms. The van der Waals surface area contributed by atoms with Gasteiger partial charge in [0.05, 0.1) is 19.6 Å². The molecular formula is C54H79N5O9. The van der Waals surface area contributed by atoms with Crippen LogP contribution in [0.5, 0.6) is 0 Å². The molecule has 14 heteroatoms. The number of rotatable bonds is 15. The Morgan fingerprint density at radius 2 is 0.824 bits per heavy atom. The fraction of sp³-hybridized carbons (Fsp3) is 0.574. The van der Waals surface area contributed by atoms with E-state index >= 15 is 0 Å². The van der Waals surface area contributed by atoms with Crippen LogP contribution in [0.25, 0.3) is 0 Å². The van der Waals surface area contributed by atoms with Gasteiger partial charge >= 0.3 is 23.9 Å². The van der Waals surface area contributed by atoms with Crippen molar-refractivity contribution in [2.24, 2.45) is 0 Å². The molecule has 0 radical (unpaired) electrons. The summed E-state index contributed by atoms with van der Waals surface area (Å²) in [4.78, 5) is 76.0. The van der Waals surface area contributed by atoms with Crippen molar-refractivity contribution in [3.63, 3.8) is 0 Å². The predicted molar refractivity (Wildman–Crippen MR) is 265 cm³/mol. The first-order valence-electron chi connectivity index (χ1n) is 24.0. The third-order valence-corrected chi connectivity index (χ3v) is 10.8. The van der Waals surface area contributed by atoms with Crippen LogP contribution in [0.1, 0.15) is 129 Å². The summed E-state index contributed by atoms with van der Waals surface area (Å²) in [6, 6.07) is 26.7. The molecule has 0 aliphatic carbocycles. The Labute approximate surface area is 406 Å². The summed E-state index contributed by atoms with van der Waals surface area (Å²) in [6.07, 6.45) is 0.700. The molecular weight excluding hydrogens is 863 g/mol. The van der Waals surface area contributed by atoms with Gasteiger partial charge in [-0.1, -0.05) is 72.8 Å². The van der Waals surface area contributed by atoms with E-state index in [0.717, 1.165) is 0 Å². The lowest BCUT2D eigenvalue weighted by Crippen LogP contribution is -2.51. The molecule has 1 aliphatic rings. The van der Waals surface area contributed by atoms with Crippen molar-refractivity contribution in [2.45, 2.75) is 124 Å². The maximum atomic E-state index is 14.5. The average molecular weight is 942 g/mol. The number of nitrogens with zero attached hydrogens (tertiary/aromatic N) is 4. The van der Waals surface area contributed by atoms with Gasteiger partial charge < -0.3 is 24.3 Å². The van der Waals surface area contributed by atoms with Gasteiger partial charge in [-0.15, -0.1) is 0 Å². The van der Waals surface area contributed by atoms with Crippen LogP contribution in [0.3, 0.4) is 0 Å². The first-order valence-corrected chi connectivity index (χ1v) is 24.0. The fourth-order valence-electron chi connectivity index (χ4n) is 7.95. The van der Waals surface area contributed by atoms with Crippen LogP contribution in [0.4, 0.5) is 0 Å². The van der Waals surface area contributed by atoms with E-state index in [1.807, 2.05) is 139 Å². The Kier molecular flexibility index (Phi) is 20.3. The van der Waals surface area contributed by atoms with Gasteiger partial charge in [0.2, 0.25) is 0 Å². The second kappa shape index (κ2) is 24.9. The molecule has 3 aromatic carbocycles. The van der Waals surface area contributed by atoms with E-state index in [-0.39, 0.29) is 37.4 Å². The Balaban J connectivity index is 1.65. The number of amides is 1. The van der Waals surface area contributed by atoms with Gasteiger partial charge in [0.25, 0.3) is 5.91 Å². The molecule has 1 amide bonds. The maximum Gasteiger partial charge on any atom is 0.328 e. The largest absolute Gasteiger partial charge is 0.459 e. The Bertz CT molecular complexity index is 1980. The van der Waals surface area contributed by atoms with Gasteiger partial charge in [0.15, 0.2) is 0 Å². The molecule has 1 unspecified atom stereocenters. The summed E-state index contributed by atoms with van der Waals surface area (Å²) >= 11 is 0. The fourth-order valence-corrected chi connectivity index (χ4v) is 7.95. The lowest BCUT2D eigenvalue weighted by molar-refractivity contribution is -0.163. The van der Waals surface area contributed by atoms with Crippen LogP contribution in [0.15, 0.2) is 84.9 Å². The molecule has 3 aromatic rings. The summed E-state index contributed by atoms with van der Waals surface area (Å²) in [5.74, 6) is -1.77. The van der Waals surface area contributed by atoms with Crippen molar-refractivity contribution in [3.8, 4) is 0 Å². The standard InChI is InChI=1S/C54H79N5O9/c1-51(2,3)65-45(60)37-56-29-31-57(38-46(61)66-52(4,5)6)33-35-59(36-34-58(32-30-56)39-47(62)67-53(7,8)9)48(50(64)68-54(10,11)12)42-23-25-43(26-24-42)49(63)55-28-27-44(40-19-15-13-16-20-40)41-21-17-14-18-22-41/h13-26,44,48H,27-39H2,1-12H3,(H,55,63). The van der Waals surface area contributed by atoms with E-state index in [9.17, 15) is 24.0 Å². The number of carbonyl (C=O) groups is 5. The van der Waals surface area contributed by atoms with Gasteiger partial charge in [0, 0.05) is 70.4 Å². The number of hydrogen-bond acceptors (Lipinski definition) is 13. The molecule has 1 heterocycles. The highest BCUT2D eigenvalue weighted by atomic mass is 16.6. The van der Waals surface area contributed by atoms with Gasteiger partial charge in [-0.2, -0.15) is 0 Å². The van der Waals surface area contributed by atoms with E-state index in [4.69, 9.17) is 18.9 Å². The molecule has 0 spiro atoms. The van der Waals surface area contributed by atoms with Crippen molar-refractivity contribution >= 4 is 29.8 Å². The topological polar surface area (TPSA) is 147 Å². The van der Waals surface area contributed by atoms with E-state index in [0.29, 0.717) is 76.5 Å². The first kappa shape index (κ1) is 55.4. The zero-order valence-electron chi connectivity index (χ0n) is 42.9. The number of esters is 4. The molecule has 4 rings (SSSR count). The summed E-state index contributed by atoms with van der Waals surface area (Å²) in [7, 11) is 0. The van der Waals surface area contributed by atoms with E-state index in [1.165, 1.54) is 11.1 Å². The Hall–Kier alpha value is -5.15. The number of ether oxygens (including phenoxy) is 4. The average Bonchev–Trinajstić information content (AvgIpc) is 3.21. The normalized spacial score (nSPS) is 16.2. The lowest BCUT2D eigenvalue weighted by atomic mass is 9.88. The summed E-state index contributed by atoms with van der Waals surface area (Å²) < 4.78 is 23.3. The molecule has 0 bridgehead atoms. The number of nitrogens with one attached hydrogen (secondary N) is 1. The van der Waals surface area contributed by atoms with Crippen molar-refractivity contribution in [2.75, 3.05) is 78.5 Å². The van der Waals surface area contributed by atoms with Crippen molar-refractivity contribution in [1.29, 1.82) is 0 Å². The minimum absolute atomic E-state index is 0.0145. The predicted octanol–water partition coefficient (Wildman–Crippen LogP) is 7.27. The van der Waals surface area contributed by atoms with Gasteiger partial charge in [-0.25, -0.2) is 4.79 Å². The van der Waals surface area contributed by atoms with Crippen molar-refractivity contribution in [1.82, 2.24) is 24.9 Å². The molecule has 1 saturated heterocycles. The highest BCUT2D eigenvalue weighted by Crippen LogP contribution is 2.29. The van der Waals surface area contributed by atoms with Crippen LogP contribution in [0.2, 0.25) is 0 Å². The van der Waals surface area contributed by atoms with Gasteiger partial charge in [-0.3, -0.25) is 38.8 Å². The summed E-state index contributed by atoms with van der Waals surface area (Å²) in [5.41, 5.74) is 0.525. The van der Waals surface area contributed by atoms with E-state index in [1.54, 1.807) is 24.3 Å². The van der Waals surface area contributed by atoms with Crippen LogP contribution in [-0.4, -0.2) is 150 Å². The molecule has 0 aromatic heterocycles. The van der Waals surface area contributed by atoms with Crippen LogP contribution >= 0.6 is 0 Å². The third-order valence-electron chi connectivity index (χ3n) is 10.8. The van der Waals surface area contributed by atoms with Crippen molar-refractivity contribution < 1.29 is 42.9 Å². The van der Waals surface area contributed by atoms with E-state index in [2.05, 4.69) is 29.6 Å². The number of hydrogen-bond donors (Lipinski definition) is 1. The Morgan fingerprint density at radius 3 is 1.18 bits per heavy atom. The highest BCUT2D eigenvalue weighted by molar-refractivity contribution is 5.94. The maximum absolute atomic E-state index is 14.5. The van der Waals surface area contributed by atoms with Crippen LogP contribution in [0, 0.1) is 0 Å². The SMILES string of the molecule is CC(C)(C)OC(=O)CN1CCN(CC(=O)OC(C)(C)C)CCN(C(C(=O)OC(C)(C)C)c2ccc(C(=O)NCCC(c3ccccc3)c3ccccc3)cc2)CCN(CC(=O)OC(C)(C)C)CC1. The molecule has 1 fully saturated rings. The zero-order valence-corrected chi connectivity index (χ0v) is 42.9. The quantitative estimate of drug-likeness (QED) is 0.121. The minimum Gasteiger partial charge on any atom is -0.459 e. The van der Waals surface area contributed by atoms with Gasteiger partial charge in [-0.05, 0) is 118 Å². The summed E-state index contributed by atoms with van der Waals surface area (Å²) in [6.45, 7) is 25.2. The van der Waals surface area contributed by atoms with E-state index < -0.39 is 46.4 Å². The molecule has 14 nitrogen and oxygen atoms in total. The van der Waals surface area contributed by atoms with Crippen LogP contribution < -0.4 is 5.32 Å². The second-order valence-electron chi connectivity index (χ2n) is 21.6. The lowest BCUT2D eigenvalue weighted by Gasteiger charge is -2.37. The molecule has 0 saturated carbocycles. The molecule has 1 atom stereocenters. The minimum atomic E-state index is -0.915. The smallest absolute Gasteiger partial charge is 0.328 e. The number of carbonyl (C=O) groups excluding carboxylic acids is 5. The third kappa shape index (κ3) is 20.6. The molecule has 1 aliphatic heterocycles. The van der Waals surface area contributed by atoms with Crippen molar-refractivity contribution in [3.05, 3.63) is 107 Å². The van der Waals surface area contributed by atoms with Gasteiger partial charge in [0.1, 0.15) is 28.4 Å². The molecule has 1 N–H and O–H groups in total. The zero-order chi connectivity index (χ0) is 50.3. The monoisotopic (exact) mass is 942 g/mol. The Morgan fingerprint density at radius 1 is 0.471 bits per heavy atom. The molecule has 374 valence electrons. The van der Waals surface area contributed by atoms with Crippen LogP contribution in [-0.2, 0) is 38.1 Å².